The molecule has 0 radical (unpaired) electrons. The van der Waals surface area contributed by atoms with Crippen molar-refractivity contribution in [1.29, 1.82) is 0 Å². The molecule has 1 aliphatic carbocycles. The van der Waals surface area contributed by atoms with Crippen LogP contribution in [0.25, 0.3) is 0 Å². The van der Waals surface area contributed by atoms with Crippen LogP contribution in [0.15, 0.2) is 0 Å². The molecule has 1 saturated carbocycles. The minimum atomic E-state index is -3.21. The van der Waals surface area contributed by atoms with Crippen LogP contribution in [-0.2, 0) is 19.5 Å². The minimum absolute atomic E-state index is 0.172. The predicted molar refractivity (Wildman–Crippen MR) is 61.6 cm³/mol. The first kappa shape index (κ1) is 13.9. The zero-order valence-corrected chi connectivity index (χ0v) is 10.8. The summed E-state index contributed by atoms with van der Waals surface area (Å²) >= 11 is 0. The molecular weight excluding hydrogens is 230 g/mol. The highest BCUT2D eigenvalue weighted by Crippen LogP contribution is 2.22. The van der Waals surface area contributed by atoms with E-state index in [1.165, 1.54) is 14.2 Å². The maximum Gasteiger partial charge on any atom is 0.214 e. The molecule has 1 N–H and O–H groups in total. The van der Waals surface area contributed by atoms with Crippen molar-refractivity contribution in [2.24, 2.45) is 0 Å². The zero-order valence-electron chi connectivity index (χ0n) is 9.94. The van der Waals surface area contributed by atoms with Crippen LogP contribution in [0.5, 0.6) is 0 Å². The molecule has 0 aromatic rings. The Morgan fingerprint density at radius 1 is 1.19 bits per heavy atom. The molecule has 0 amide bonds. The van der Waals surface area contributed by atoms with Crippen LogP contribution in [0, 0.1) is 0 Å². The van der Waals surface area contributed by atoms with E-state index in [1.54, 1.807) is 0 Å². The quantitative estimate of drug-likeness (QED) is 0.711. The molecule has 0 bridgehead atoms. The van der Waals surface area contributed by atoms with Crippen molar-refractivity contribution < 1.29 is 17.9 Å². The van der Waals surface area contributed by atoms with Gasteiger partial charge in [-0.1, -0.05) is 19.3 Å². The standard InChI is InChI=1S/C10H21NO4S/c1-14-10(15-2)8-11-16(12,13)9-6-4-3-5-7-9/h9-11H,3-8H2,1-2H3. The molecule has 16 heavy (non-hydrogen) atoms. The molecule has 0 aromatic heterocycles. The summed E-state index contributed by atoms with van der Waals surface area (Å²) in [5, 5.41) is -0.240. The van der Waals surface area contributed by atoms with E-state index in [0.29, 0.717) is 0 Å². The number of sulfonamides is 1. The summed E-state index contributed by atoms with van der Waals surface area (Å²) in [6.07, 6.45) is 4.16. The zero-order chi connectivity index (χ0) is 12.0. The van der Waals surface area contributed by atoms with Crippen LogP contribution >= 0.6 is 0 Å². The van der Waals surface area contributed by atoms with Gasteiger partial charge in [-0.3, -0.25) is 0 Å². The van der Waals surface area contributed by atoms with E-state index < -0.39 is 16.3 Å². The second-order valence-electron chi connectivity index (χ2n) is 4.05. The van der Waals surface area contributed by atoms with Crippen LogP contribution in [0.2, 0.25) is 0 Å². The van der Waals surface area contributed by atoms with Crippen LogP contribution < -0.4 is 4.72 Å². The first-order valence-corrected chi connectivity index (χ1v) is 7.19. The molecule has 0 aliphatic heterocycles. The van der Waals surface area contributed by atoms with Gasteiger partial charge < -0.3 is 9.47 Å². The maximum atomic E-state index is 11.9. The van der Waals surface area contributed by atoms with E-state index in [9.17, 15) is 8.42 Å². The smallest absolute Gasteiger partial charge is 0.214 e. The molecular formula is C10H21NO4S. The third-order valence-electron chi connectivity index (χ3n) is 2.97. The van der Waals surface area contributed by atoms with Crippen molar-refractivity contribution >= 4 is 10.0 Å². The lowest BCUT2D eigenvalue weighted by Crippen LogP contribution is -2.40. The Kier molecular flexibility index (Phi) is 5.68. The summed E-state index contributed by atoms with van der Waals surface area (Å²) in [7, 11) is -0.230. The van der Waals surface area contributed by atoms with E-state index in [1.807, 2.05) is 0 Å². The topological polar surface area (TPSA) is 64.6 Å². The van der Waals surface area contributed by atoms with Crippen molar-refractivity contribution in [2.75, 3.05) is 20.8 Å². The molecule has 5 nitrogen and oxygen atoms in total. The lowest BCUT2D eigenvalue weighted by Gasteiger charge is -2.23. The highest BCUT2D eigenvalue weighted by Gasteiger charge is 2.27. The van der Waals surface area contributed by atoms with E-state index >= 15 is 0 Å². The summed E-state index contributed by atoms with van der Waals surface area (Å²) in [5.41, 5.74) is 0. The fraction of sp³-hybridized carbons (Fsp3) is 1.00. The van der Waals surface area contributed by atoms with Gasteiger partial charge in [-0.2, -0.15) is 0 Å². The Morgan fingerprint density at radius 3 is 2.25 bits per heavy atom. The molecule has 1 fully saturated rings. The maximum absolute atomic E-state index is 11.9. The van der Waals surface area contributed by atoms with Gasteiger partial charge in [-0.05, 0) is 12.8 Å². The van der Waals surface area contributed by atoms with Gasteiger partial charge in [0.2, 0.25) is 10.0 Å². The van der Waals surface area contributed by atoms with Crippen LogP contribution in [0.1, 0.15) is 32.1 Å². The lowest BCUT2D eigenvalue weighted by molar-refractivity contribution is -0.0961. The van der Waals surface area contributed by atoms with Gasteiger partial charge in [-0.15, -0.1) is 0 Å². The number of methoxy groups -OCH3 is 2. The van der Waals surface area contributed by atoms with Gasteiger partial charge in [-0.25, -0.2) is 13.1 Å². The Morgan fingerprint density at radius 2 is 1.75 bits per heavy atom. The lowest BCUT2D eigenvalue weighted by atomic mass is 10.0. The van der Waals surface area contributed by atoms with Gasteiger partial charge in [0.1, 0.15) is 0 Å². The second-order valence-corrected chi connectivity index (χ2v) is 6.10. The molecule has 0 atom stereocenters. The van der Waals surface area contributed by atoms with E-state index in [-0.39, 0.29) is 11.8 Å². The third kappa shape index (κ3) is 4.01. The Labute approximate surface area is 97.6 Å². The van der Waals surface area contributed by atoms with Crippen molar-refractivity contribution in [1.82, 2.24) is 4.72 Å². The Balaban J connectivity index is 2.44. The van der Waals surface area contributed by atoms with Crippen LogP contribution in [0.4, 0.5) is 0 Å². The Hall–Kier alpha value is -0.170. The highest BCUT2D eigenvalue weighted by molar-refractivity contribution is 7.90. The van der Waals surface area contributed by atoms with Crippen LogP contribution in [-0.4, -0.2) is 40.7 Å². The van der Waals surface area contributed by atoms with E-state index in [2.05, 4.69) is 4.72 Å². The fourth-order valence-corrected chi connectivity index (χ4v) is 3.50. The molecule has 1 aliphatic rings. The molecule has 96 valence electrons. The van der Waals surface area contributed by atoms with Gasteiger partial charge in [0.15, 0.2) is 6.29 Å². The number of nitrogens with one attached hydrogen (secondary N) is 1. The molecule has 0 unspecified atom stereocenters. The SMILES string of the molecule is COC(CNS(=O)(=O)C1CCCCC1)OC. The number of hydrogen-bond acceptors (Lipinski definition) is 4. The number of rotatable bonds is 6. The summed E-state index contributed by atoms with van der Waals surface area (Å²) < 4.78 is 36.2. The summed E-state index contributed by atoms with van der Waals surface area (Å²) in [6.45, 7) is 0.172. The highest BCUT2D eigenvalue weighted by atomic mass is 32.2. The average Bonchev–Trinajstić information content (AvgIpc) is 2.31. The van der Waals surface area contributed by atoms with Gasteiger partial charge >= 0.3 is 0 Å². The second kappa shape index (κ2) is 6.54. The van der Waals surface area contributed by atoms with Gasteiger partial charge in [0.25, 0.3) is 0 Å². The summed E-state index contributed by atoms with van der Waals surface area (Å²) in [6, 6.07) is 0. The average molecular weight is 251 g/mol. The third-order valence-corrected chi connectivity index (χ3v) is 4.89. The number of hydrogen-bond donors (Lipinski definition) is 1. The van der Waals surface area contributed by atoms with E-state index in [4.69, 9.17) is 9.47 Å². The van der Waals surface area contributed by atoms with Crippen LogP contribution in [0.3, 0.4) is 0 Å². The Bertz CT molecular complexity index is 281. The molecule has 0 spiro atoms. The number of ether oxygens (including phenoxy) is 2. The van der Waals surface area contributed by atoms with Crippen molar-refractivity contribution in [3.63, 3.8) is 0 Å². The summed E-state index contributed by atoms with van der Waals surface area (Å²) in [5.74, 6) is 0. The predicted octanol–water partition coefficient (Wildman–Crippen LogP) is 0.857. The first-order valence-electron chi connectivity index (χ1n) is 5.64. The molecule has 0 aromatic carbocycles. The first-order chi connectivity index (χ1) is 7.60. The fourth-order valence-electron chi connectivity index (χ4n) is 1.94. The van der Waals surface area contributed by atoms with E-state index in [0.717, 1.165) is 32.1 Å². The molecule has 1 rings (SSSR count). The van der Waals surface area contributed by atoms with Gasteiger partial charge in [0, 0.05) is 14.2 Å². The van der Waals surface area contributed by atoms with Crippen molar-refractivity contribution in [3.8, 4) is 0 Å². The largest absolute Gasteiger partial charge is 0.355 e. The van der Waals surface area contributed by atoms with Crippen molar-refractivity contribution in [3.05, 3.63) is 0 Å². The van der Waals surface area contributed by atoms with Crippen molar-refractivity contribution in [2.45, 2.75) is 43.6 Å². The molecule has 0 heterocycles. The van der Waals surface area contributed by atoms with Gasteiger partial charge in [0.05, 0.1) is 11.8 Å². The monoisotopic (exact) mass is 251 g/mol. The normalized spacial score (nSPS) is 19.2. The summed E-state index contributed by atoms with van der Waals surface area (Å²) in [4.78, 5) is 0. The minimum Gasteiger partial charge on any atom is -0.355 e. The molecule has 0 saturated heterocycles. The molecule has 6 heteroatoms.